The topological polar surface area (TPSA) is 38.3 Å². The first-order valence-electron chi connectivity index (χ1n) is 7.44. The maximum absolute atomic E-state index is 12.3. The van der Waals surface area contributed by atoms with Crippen LogP contribution in [0, 0.1) is 11.3 Å². The standard InChI is InChI=1S/C15H27NO2/c1-11-7-4-5-8-12(11)18-14(17)13-15(2,3)9-6-10-16-13/h11-13,16H,4-10H2,1-3H3. The molecular formula is C15H27NO2. The number of ether oxygens (including phenoxy) is 1. The molecule has 2 rings (SSSR count). The van der Waals surface area contributed by atoms with Crippen LogP contribution >= 0.6 is 0 Å². The summed E-state index contributed by atoms with van der Waals surface area (Å²) in [6, 6.07) is -0.125. The van der Waals surface area contributed by atoms with E-state index in [9.17, 15) is 4.79 Å². The van der Waals surface area contributed by atoms with Gasteiger partial charge in [-0.1, -0.05) is 27.2 Å². The molecule has 0 aromatic carbocycles. The summed E-state index contributed by atoms with van der Waals surface area (Å²) in [7, 11) is 0. The Morgan fingerprint density at radius 2 is 1.94 bits per heavy atom. The third-order valence-electron chi connectivity index (χ3n) is 4.66. The molecule has 18 heavy (non-hydrogen) atoms. The molecule has 1 heterocycles. The van der Waals surface area contributed by atoms with Crippen LogP contribution in [0.5, 0.6) is 0 Å². The predicted octanol–water partition coefficient (Wildman–Crippen LogP) is 2.89. The second-order valence-corrected chi connectivity index (χ2v) is 6.72. The maximum Gasteiger partial charge on any atom is 0.323 e. The van der Waals surface area contributed by atoms with Crippen LogP contribution in [0.2, 0.25) is 0 Å². The van der Waals surface area contributed by atoms with Crippen LogP contribution in [-0.2, 0) is 9.53 Å². The molecule has 3 atom stereocenters. The Labute approximate surface area is 111 Å². The molecule has 3 heteroatoms. The number of hydrogen-bond donors (Lipinski definition) is 1. The Kier molecular flexibility index (Phi) is 4.31. The quantitative estimate of drug-likeness (QED) is 0.769. The molecule has 2 fully saturated rings. The van der Waals surface area contributed by atoms with Gasteiger partial charge in [0.1, 0.15) is 12.1 Å². The molecular weight excluding hydrogens is 226 g/mol. The summed E-state index contributed by atoms with van der Waals surface area (Å²) < 4.78 is 5.78. The number of rotatable bonds is 2. The van der Waals surface area contributed by atoms with E-state index in [4.69, 9.17) is 4.74 Å². The first-order valence-corrected chi connectivity index (χ1v) is 7.44. The van der Waals surface area contributed by atoms with Crippen LogP contribution in [0.25, 0.3) is 0 Å². The Morgan fingerprint density at radius 1 is 1.22 bits per heavy atom. The van der Waals surface area contributed by atoms with Gasteiger partial charge in [-0.15, -0.1) is 0 Å². The normalized spacial score (nSPS) is 36.1. The zero-order valence-corrected chi connectivity index (χ0v) is 12.0. The van der Waals surface area contributed by atoms with Crippen molar-refractivity contribution < 1.29 is 9.53 Å². The van der Waals surface area contributed by atoms with Gasteiger partial charge in [0.25, 0.3) is 0 Å². The molecule has 0 radical (unpaired) electrons. The Balaban J connectivity index is 1.94. The lowest BCUT2D eigenvalue weighted by molar-refractivity contribution is -0.160. The van der Waals surface area contributed by atoms with Crippen molar-refractivity contribution in [2.75, 3.05) is 6.54 Å². The fourth-order valence-electron chi connectivity index (χ4n) is 3.29. The van der Waals surface area contributed by atoms with Gasteiger partial charge >= 0.3 is 5.97 Å². The van der Waals surface area contributed by atoms with E-state index >= 15 is 0 Å². The molecule has 0 bridgehead atoms. The third kappa shape index (κ3) is 3.05. The lowest BCUT2D eigenvalue weighted by Crippen LogP contribution is -2.53. The van der Waals surface area contributed by atoms with Gasteiger partial charge in [-0.2, -0.15) is 0 Å². The van der Waals surface area contributed by atoms with Gasteiger partial charge in [0.05, 0.1) is 0 Å². The molecule has 0 aromatic rings. The van der Waals surface area contributed by atoms with Crippen LogP contribution in [0.1, 0.15) is 59.3 Å². The highest BCUT2D eigenvalue weighted by atomic mass is 16.5. The van der Waals surface area contributed by atoms with E-state index in [0.717, 1.165) is 25.8 Å². The highest BCUT2D eigenvalue weighted by Crippen LogP contribution is 2.32. The maximum atomic E-state index is 12.3. The molecule has 0 aromatic heterocycles. The summed E-state index contributed by atoms with van der Waals surface area (Å²) in [5, 5.41) is 3.34. The lowest BCUT2D eigenvalue weighted by atomic mass is 9.77. The SMILES string of the molecule is CC1CCCCC1OC(=O)C1NCCCC1(C)C. The van der Waals surface area contributed by atoms with Crippen molar-refractivity contribution >= 4 is 5.97 Å². The van der Waals surface area contributed by atoms with Crippen LogP contribution in [-0.4, -0.2) is 24.7 Å². The van der Waals surface area contributed by atoms with Gasteiger partial charge in [-0.3, -0.25) is 4.79 Å². The zero-order chi connectivity index (χ0) is 13.2. The molecule has 104 valence electrons. The first-order chi connectivity index (χ1) is 8.50. The molecule has 3 unspecified atom stereocenters. The van der Waals surface area contributed by atoms with E-state index < -0.39 is 0 Å². The van der Waals surface area contributed by atoms with Crippen LogP contribution in [0.4, 0.5) is 0 Å². The van der Waals surface area contributed by atoms with E-state index in [0.29, 0.717) is 5.92 Å². The summed E-state index contributed by atoms with van der Waals surface area (Å²) in [4.78, 5) is 12.3. The Hall–Kier alpha value is -0.570. The molecule has 1 N–H and O–H groups in total. The van der Waals surface area contributed by atoms with Crippen molar-refractivity contribution in [2.24, 2.45) is 11.3 Å². The van der Waals surface area contributed by atoms with E-state index in [2.05, 4.69) is 26.1 Å². The highest BCUT2D eigenvalue weighted by Gasteiger charge is 2.39. The molecule has 1 aliphatic heterocycles. The second kappa shape index (κ2) is 5.60. The largest absolute Gasteiger partial charge is 0.461 e. The second-order valence-electron chi connectivity index (χ2n) is 6.72. The fraction of sp³-hybridized carbons (Fsp3) is 0.933. The van der Waals surface area contributed by atoms with Gasteiger partial charge in [0.15, 0.2) is 0 Å². The lowest BCUT2D eigenvalue weighted by Gasteiger charge is -2.39. The van der Waals surface area contributed by atoms with Crippen LogP contribution in [0.3, 0.4) is 0 Å². The number of carbonyl (C=O) groups excluding carboxylic acids is 1. The summed E-state index contributed by atoms with van der Waals surface area (Å²) in [6.45, 7) is 7.46. The summed E-state index contributed by atoms with van der Waals surface area (Å²) in [6.07, 6.45) is 7.10. The Bertz CT molecular complexity index is 301. The van der Waals surface area contributed by atoms with Gasteiger partial charge in [-0.25, -0.2) is 0 Å². The minimum Gasteiger partial charge on any atom is -0.461 e. The summed E-state index contributed by atoms with van der Waals surface area (Å²) in [5.74, 6) is 0.493. The van der Waals surface area contributed by atoms with Crippen molar-refractivity contribution in [3.63, 3.8) is 0 Å². The van der Waals surface area contributed by atoms with Crippen molar-refractivity contribution in [2.45, 2.75) is 71.4 Å². The van der Waals surface area contributed by atoms with E-state index in [1.54, 1.807) is 0 Å². The first kappa shape index (κ1) is 13.9. The Morgan fingerprint density at radius 3 is 2.61 bits per heavy atom. The molecule has 0 spiro atoms. The van der Waals surface area contributed by atoms with E-state index in [1.165, 1.54) is 19.3 Å². The smallest absolute Gasteiger partial charge is 0.323 e. The molecule has 0 amide bonds. The van der Waals surface area contributed by atoms with Gasteiger partial charge in [0, 0.05) is 0 Å². The summed E-state index contributed by atoms with van der Waals surface area (Å²) >= 11 is 0. The van der Waals surface area contributed by atoms with Crippen LogP contribution in [0.15, 0.2) is 0 Å². The van der Waals surface area contributed by atoms with E-state index in [-0.39, 0.29) is 23.5 Å². The van der Waals surface area contributed by atoms with Crippen molar-refractivity contribution in [1.29, 1.82) is 0 Å². The van der Waals surface area contributed by atoms with Crippen LogP contribution < -0.4 is 5.32 Å². The summed E-state index contributed by atoms with van der Waals surface area (Å²) in [5.41, 5.74) is 0.0211. The van der Waals surface area contributed by atoms with Gasteiger partial charge in [-0.05, 0) is 50.0 Å². The predicted molar refractivity (Wildman–Crippen MR) is 72.3 cm³/mol. The number of piperidine rings is 1. The van der Waals surface area contributed by atoms with Gasteiger partial charge in [0.2, 0.25) is 0 Å². The minimum absolute atomic E-state index is 0.0211. The van der Waals surface area contributed by atoms with Gasteiger partial charge < -0.3 is 10.1 Å². The molecule has 3 nitrogen and oxygen atoms in total. The van der Waals surface area contributed by atoms with E-state index in [1.807, 2.05) is 0 Å². The van der Waals surface area contributed by atoms with Crippen molar-refractivity contribution in [1.82, 2.24) is 5.32 Å². The fourth-order valence-corrected chi connectivity index (χ4v) is 3.29. The van der Waals surface area contributed by atoms with Crippen molar-refractivity contribution in [3.8, 4) is 0 Å². The monoisotopic (exact) mass is 253 g/mol. The van der Waals surface area contributed by atoms with Crippen molar-refractivity contribution in [3.05, 3.63) is 0 Å². The molecule has 1 saturated carbocycles. The molecule has 1 saturated heterocycles. The zero-order valence-electron chi connectivity index (χ0n) is 12.0. The average Bonchev–Trinajstić information content (AvgIpc) is 2.31. The minimum atomic E-state index is -0.125. The molecule has 2 aliphatic rings. The average molecular weight is 253 g/mol. The highest BCUT2D eigenvalue weighted by molar-refractivity contribution is 5.77. The number of carbonyl (C=O) groups is 1. The number of hydrogen-bond acceptors (Lipinski definition) is 3. The number of esters is 1. The molecule has 1 aliphatic carbocycles. The number of nitrogens with one attached hydrogen (secondary N) is 1. The third-order valence-corrected chi connectivity index (χ3v) is 4.66.